The lowest BCUT2D eigenvalue weighted by Gasteiger charge is -2.20. The van der Waals surface area contributed by atoms with Gasteiger partial charge in [0.15, 0.2) is 11.5 Å². The highest BCUT2D eigenvalue weighted by atomic mass is 16.6. The van der Waals surface area contributed by atoms with Crippen LogP contribution in [0.15, 0.2) is 109 Å². The summed E-state index contributed by atoms with van der Waals surface area (Å²) in [5.74, 6) is -0.154. The van der Waals surface area contributed by atoms with Crippen molar-refractivity contribution in [3.63, 3.8) is 0 Å². The lowest BCUT2D eigenvalue weighted by molar-refractivity contribution is -0.152. The molecule has 4 aromatic carbocycles. The van der Waals surface area contributed by atoms with E-state index in [1.807, 2.05) is 97.1 Å². The monoisotopic (exact) mass is 567 g/mol. The minimum absolute atomic E-state index is 0.136. The molecule has 0 aliphatic heterocycles. The zero-order valence-electron chi connectivity index (χ0n) is 24.2. The number of benzene rings is 4. The average molecular weight is 568 g/mol. The zero-order valence-corrected chi connectivity index (χ0v) is 24.2. The largest absolute Gasteiger partial charge is 0.485 e. The molecule has 0 heterocycles. The van der Waals surface area contributed by atoms with Crippen molar-refractivity contribution in [3.8, 4) is 11.5 Å². The van der Waals surface area contributed by atoms with E-state index in [-0.39, 0.29) is 25.4 Å². The van der Waals surface area contributed by atoms with Crippen LogP contribution in [0.25, 0.3) is 0 Å². The lowest BCUT2D eigenvalue weighted by atomic mass is 9.97. The van der Waals surface area contributed by atoms with Gasteiger partial charge in [-0.25, -0.2) is 0 Å². The molecule has 4 aromatic rings. The summed E-state index contributed by atoms with van der Waals surface area (Å²) in [5.41, 5.74) is 5.72. The summed E-state index contributed by atoms with van der Waals surface area (Å²) in [5, 5.41) is 0. The van der Waals surface area contributed by atoms with Crippen LogP contribution in [0.5, 0.6) is 11.5 Å². The van der Waals surface area contributed by atoms with Crippen molar-refractivity contribution < 1.29 is 28.6 Å². The molecule has 1 atom stereocenters. The predicted molar refractivity (Wildman–Crippen MR) is 160 cm³/mol. The molecule has 0 saturated carbocycles. The van der Waals surface area contributed by atoms with Crippen molar-refractivity contribution >= 4 is 11.9 Å². The Hall–Kier alpha value is -4.46. The molecular weight excluding hydrogens is 530 g/mol. The predicted octanol–water partition coefficient (Wildman–Crippen LogP) is 6.59. The number of hydrogen-bond acceptors (Lipinski definition) is 7. The summed E-state index contributed by atoms with van der Waals surface area (Å²) < 4.78 is 17.5. The molecule has 0 spiro atoms. The van der Waals surface area contributed by atoms with Gasteiger partial charge in [0.05, 0.1) is 12.0 Å². The Balaban J connectivity index is 1.52. The van der Waals surface area contributed by atoms with Crippen LogP contribution in [0.1, 0.15) is 43.0 Å². The molecule has 0 amide bonds. The highest BCUT2D eigenvalue weighted by molar-refractivity contribution is 5.79. The highest BCUT2D eigenvalue weighted by Crippen LogP contribution is 2.32. The van der Waals surface area contributed by atoms with Crippen molar-refractivity contribution in [3.05, 3.63) is 131 Å². The molecule has 0 saturated heterocycles. The third-order valence-corrected chi connectivity index (χ3v) is 6.32. The van der Waals surface area contributed by atoms with Gasteiger partial charge in [0.1, 0.15) is 19.3 Å². The van der Waals surface area contributed by atoms with Gasteiger partial charge in [-0.15, -0.1) is 0 Å². The topological polar surface area (TPSA) is 83.1 Å². The second kappa shape index (κ2) is 15.0. The van der Waals surface area contributed by atoms with E-state index in [1.54, 1.807) is 32.9 Å². The first-order valence-electron chi connectivity index (χ1n) is 13.9. The van der Waals surface area contributed by atoms with Crippen LogP contribution < -0.4 is 15.0 Å². The quantitative estimate of drug-likeness (QED) is 0.111. The Morgan fingerprint density at radius 3 is 1.79 bits per heavy atom. The molecule has 0 unspecified atom stereocenters. The number of rotatable bonds is 13. The van der Waals surface area contributed by atoms with Crippen molar-refractivity contribution in [2.75, 3.05) is 0 Å². The lowest BCUT2D eigenvalue weighted by Crippen LogP contribution is -2.39. The van der Waals surface area contributed by atoms with E-state index in [9.17, 15) is 9.59 Å². The first-order valence-corrected chi connectivity index (χ1v) is 13.9. The number of esters is 2. The van der Waals surface area contributed by atoms with Crippen LogP contribution in [0.2, 0.25) is 0 Å². The summed E-state index contributed by atoms with van der Waals surface area (Å²) in [6.45, 7) is 6.08. The molecule has 0 fully saturated rings. The molecule has 1 N–H and O–H groups in total. The van der Waals surface area contributed by atoms with Gasteiger partial charge in [0.25, 0.3) is 0 Å². The van der Waals surface area contributed by atoms with Gasteiger partial charge in [0, 0.05) is 6.42 Å². The smallest absolute Gasteiger partial charge is 0.326 e. The van der Waals surface area contributed by atoms with Crippen LogP contribution in [0.3, 0.4) is 0 Å². The second-order valence-electron chi connectivity index (χ2n) is 10.9. The number of carbonyl (C=O) groups is 2. The minimum atomic E-state index is -0.820. The molecular formula is C35H37NO6. The Labute approximate surface area is 247 Å². The number of carbonyl (C=O) groups excluding carboxylic acids is 2. The minimum Gasteiger partial charge on any atom is -0.485 e. The van der Waals surface area contributed by atoms with Crippen LogP contribution in [0.4, 0.5) is 0 Å². The molecule has 0 aliphatic rings. The summed E-state index contributed by atoms with van der Waals surface area (Å²) >= 11 is 0. The molecule has 218 valence electrons. The maximum atomic E-state index is 13.2. The van der Waals surface area contributed by atoms with Crippen molar-refractivity contribution in [2.45, 2.75) is 53.1 Å². The van der Waals surface area contributed by atoms with Gasteiger partial charge in [-0.3, -0.25) is 14.4 Å². The third-order valence-electron chi connectivity index (χ3n) is 6.32. The van der Waals surface area contributed by atoms with Gasteiger partial charge in [0.2, 0.25) is 0 Å². The Morgan fingerprint density at radius 2 is 1.21 bits per heavy atom. The maximum absolute atomic E-state index is 13.2. The standard InChI is InChI=1S/C35H37NO6/c1-35(2,3)34(38)42-32-22-29(19-20-31(32)39-23-26-13-7-4-8-14-26)21-30(36-41-25-28-17-11-6-12-18-28)33(37)40-24-27-15-9-5-10-16-27/h4-20,22,30,36H,21,23-25H2,1-3H3/t30-/m0/s1. The van der Waals surface area contributed by atoms with E-state index in [4.69, 9.17) is 19.0 Å². The molecule has 0 bridgehead atoms. The maximum Gasteiger partial charge on any atom is 0.326 e. The van der Waals surface area contributed by atoms with E-state index >= 15 is 0 Å². The summed E-state index contributed by atoms with van der Waals surface area (Å²) in [4.78, 5) is 31.7. The number of hydrogen-bond donors (Lipinski definition) is 1. The fourth-order valence-electron chi connectivity index (χ4n) is 3.90. The average Bonchev–Trinajstić information content (AvgIpc) is 3.00. The fourth-order valence-corrected chi connectivity index (χ4v) is 3.90. The van der Waals surface area contributed by atoms with Gasteiger partial charge in [-0.2, -0.15) is 5.48 Å². The summed E-state index contributed by atoms with van der Waals surface area (Å²) in [6, 6.07) is 33.4. The first kappa shape index (κ1) is 30.5. The van der Waals surface area contributed by atoms with Crippen molar-refractivity contribution in [2.24, 2.45) is 5.41 Å². The third kappa shape index (κ3) is 9.58. The van der Waals surface area contributed by atoms with E-state index < -0.39 is 23.4 Å². The molecule has 7 nitrogen and oxygen atoms in total. The van der Waals surface area contributed by atoms with Gasteiger partial charge in [-0.1, -0.05) is 97.1 Å². The second-order valence-corrected chi connectivity index (χ2v) is 10.9. The number of nitrogens with one attached hydrogen (secondary N) is 1. The molecule has 4 rings (SSSR count). The summed E-state index contributed by atoms with van der Waals surface area (Å²) in [6.07, 6.45) is 0.224. The highest BCUT2D eigenvalue weighted by Gasteiger charge is 2.26. The molecule has 42 heavy (non-hydrogen) atoms. The summed E-state index contributed by atoms with van der Waals surface area (Å²) in [7, 11) is 0. The normalized spacial score (nSPS) is 11.9. The van der Waals surface area contributed by atoms with Crippen LogP contribution in [0, 0.1) is 5.41 Å². The Kier molecular flexibility index (Phi) is 10.9. The van der Waals surface area contributed by atoms with E-state index in [0.29, 0.717) is 12.4 Å². The van der Waals surface area contributed by atoms with Gasteiger partial charge < -0.3 is 14.2 Å². The fraction of sp³-hybridized carbons (Fsp3) is 0.257. The van der Waals surface area contributed by atoms with Crippen LogP contribution >= 0.6 is 0 Å². The molecule has 0 aliphatic carbocycles. The van der Waals surface area contributed by atoms with E-state index in [0.717, 1.165) is 22.3 Å². The first-order chi connectivity index (χ1) is 20.3. The van der Waals surface area contributed by atoms with Gasteiger partial charge >= 0.3 is 11.9 Å². The molecule has 0 aromatic heterocycles. The zero-order chi connectivity index (χ0) is 29.8. The molecule has 7 heteroatoms. The van der Waals surface area contributed by atoms with Gasteiger partial charge in [-0.05, 0) is 55.2 Å². The number of ether oxygens (including phenoxy) is 3. The van der Waals surface area contributed by atoms with Crippen molar-refractivity contribution in [1.82, 2.24) is 5.48 Å². The van der Waals surface area contributed by atoms with E-state index in [2.05, 4.69) is 5.48 Å². The number of hydroxylamine groups is 1. The Morgan fingerprint density at radius 1 is 0.667 bits per heavy atom. The Bertz CT molecular complexity index is 1420. The van der Waals surface area contributed by atoms with Crippen LogP contribution in [-0.2, 0) is 45.4 Å². The molecule has 0 radical (unpaired) electrons. The van der Waals surface area contributed by atoms with E-state index in [1.165, 1.54) is 0 Å². The van der Waals surface area contributed by atoms with Crippen molar-refractivity contribution in [1.29, 1.82) is 0 Å². The SMILES string of the molecule is CC(C)(C)C(=O)Oc1cc(C[C@H](NOCc2ccccc2)C(=O)OCc2ccccc2)ccc1OCc1ccccc1. The van der Waals surface area contributed by atoms with Crippen LogP contribution in [-0.4, -0.2) is 18.0 Å².